The highest BCUT2D eigenvalue weighted by atomic mass is 35.5. The van der Waals surface area contributed by atoms with Crippen molar-refractivity contribution >= 4 is 51.6 Å². The zero-order valence-electron chi connectivity index (χ0n) is 18.9. The average Bonchev–Trinajstić information content (AvgIpc) is 3.41. The van der Waals surface area contributed by atoms with Gasteiger partial charge in [-0.2, -0.15) is 0 Å². The highest BCUT2D eigenvalue weighted by Gasteiger charge is 2.27. The number of rotatable bonds is 9. The van der Waals surface area contributed by atoms with Crippen molar-refractivity contribution in [3.8, 4) is 5.75 Å². The molecule has 2 heterocycles. The molecule has 1 aromatic carbocycles. The van der Waals surface area contributed by atoms with Crippen molar-refractivity contribution in [2.75, 3.05) is 18.2 Å². The largest absolute Gasteiger partial charge is 0.484 e. The van der Waals surface area contributed by atoms with Gasteiger partial charge in [0.1, 0.15) is 17.4 Å². The summed E-state index contributed by atoms with van der Waals surface area (Å²) < 4.78 is 12.7. The molecule has 0 unspecified atom stereocenters. The lowest BCUT2D eigenvalue weighted by atomic mass is 9.95. The van der Waals surface area contributed by atoms with E-state index in [-0.39, 0.29) is 18.3 Å². The zero-order chi connectivity index (χ0) is 24.1. The van der Waals surface area contributed by atoms with Gasteiger partial charge in [0.25, 0.3) is 0 Å². The topological polar surface area (TPSA) is 95.3 Å². The number of thiophene rings is 1. The molecule has 1 aliphatic carbocycles. The fourth-order valence-corrected chi connectivity index (χ4v) is 6.12. The minimum atomic E-state index is -0.406. The number of benzene rings is 1. The lowest BCUT2D eigenvalue weighted by Gasteiger charge is -2.11. The summed E-state index contributed by atoms with van der Waals surface area (Å²) in [6.07, 6.45) is 3.88. The molecule has 0 spiro atoms. The Labute approximate surface area is 211 Å². The molecule has 0 fully saturated rings. The molecule has 2 aromatic heterocycles. The van der Waals surface area contributed by atoms with E-state index in [1.807, 2.05) is 23.6 Å². The molecule has 1 N–H and O–H groups in total. The lowest BCUT2D eigenvalue weighted by molar-refractivity contribution is -0.113. The minimum absolute atomic E-state index is 0.132. The zero-order valence-corrected chi connectivity index (χ0v) is 21.3. The molecule has 0 radical (unpaired) electrons. The second kappa shape index (κ2) is 11.2. The van der Waals surface area contributed by atoms with Crippen LogP contribution in [0.5, 0.6) is 5.75 Å². The summed E-state index contributed by atoms with van der Waals surface area (Å²) in [4.78, 5) is 26.3. The first-order valence-electron chi connectivity index (χ1n) is 11.0. The van der Waals surface area contributed by atoms with Gasteiger partial charge in [0.05, 0.1) is 23.4 Å². The number of thioether (sulfide) groups is 1. The second-order valence-corrected chi connectivity index (χ2v) is 10.1. The minimum Gasteiger partial charge on any atom is -0.484 e. The molecule has 4 rings (SSSR count). The summed E-state index contributed by atoms with van der Waals surface area (Å²) >= 11 is 8.90. The van der Waals surface area contributed by atoms with Crippen molar-refractivity contribution in [3.63, 3.8) is 0 Å². The van der Waals surface area contributed by atoms with E-state index in [1.54, 1.807) is 12.1 Å². The van der Waals surface area contributed by atoms with Crippen LogP contribution in [-0.2, 0) is 35.5 Å². The van der Waals surface area contributed by atoms with Crippen LogP contribution >= 0.6 is 34.7 Å². The second-order valence-electron chi connectivity index (χ2n) is 7.61. The first kappa shape index (κ1) is 24.6. The van der Waals surface area contributed by atoms with Crippen molar-refractivity contribution < 1.29 is 19.1 Å². The van der Waals surface area contributed by atoms with E-state index in [4.69, 9.17) is 21.1 Å². The van der Waals surface area contributed by atoms with Crippen LogP contribution in [0.3, 0.4) is 0 Å². The number of nitrogens with one attached hydrogen (secondary N) is 1. The van der Waals surface area contributed by atoms with Gasteiger partial charge in [-0.25, -0.2) is 4.79 Å². The number of fused-ring (bicyclic) bond motifs is 1. The van der Waals surface area contributed by atoms with Gasteiger partial charge in [0.2, 0.25) is 5.91 Å². The average molecular weight is 521 g/mol. The SMILES string of the molecule is CCn1c(COc2ccccc2Cl)nnc1SCC(=O)Nc1sc2c(c1C(=O)OC)CCCC2. The number of carbonyl (C=O) groups is 2. The molecule has 34 heavy (non-hydrogen) atoms. The van der Waals surface area contributed by atoms with Crippen LogP contribution in [0, 0.1) is 0 Å². The Morgan fingerprint density at radius 1 is 1.24 bits per heavy atom. The van der Waals surface area contributed by atoms with E-state index in [0.717, 1.165) is 36.1 Å². The maximum Gasteiger partial charge on any atom is 0.341 e. The number of anilines is 1. The molecule has 3 aromatic rings. The number of methoxy groups -OCH3 is 1. The van der Waals surface area contributed by atoms with Gasteiger partial charge in [0, 0.05) is 11.4 Å². The van der Waals surface area contributed by atoms with Gasteiger partial charge in [-0.05, 0) is 50.3 Å². The van der Waals surface area contributed by atoms with Crippen LogP contribution in [-0.4, -0.2) is 39.5 Å². The Kier molecular flexibility index (Phi) is 8.12. The number of halogens is 1. The van der Waals surface area contributed by atoms with Gasteiger partial charge in [-0.3, -0.25) is 4.79 Å². The number of para-hydroxylation sites is 1. The fraction of sp³-hybridized carbons (Fsp3) is 0.391. The molecule has 0 saturated heterocycles. The molecule has 180 valence electrons. The monoisotopic (exact) mass is 520 g/mol. The maximum absolute atomic E-state index is 12.7. The van der Waals surface area contributed by atoms with Crippen molar-refractivity contribution in [2.24, 2.45) is 0 Å². The number of hydrogen-bond donors (Lipinski definition) is 1. The van der Waals surface area contributed by atoms with E-state index < -0.39 is 5.97 Å². The molecule has 0 aliphatic heterocycles. The number of aryl methyl sites for hydroxylation is 1. The Morgan fingerprint density at radius 2 is 2.03 bits per heavy atom. The molecular weight excluding hydrogens is 496 g/mol. The van der Waals surface area contributed by atoms with E-state index >= 15 is 0 Å². The summed E-state index contributed by atoms with van der Waals surface area (Å²) in [5, 5.41) is 13.1. The predicted molar refractivity (Wildman–Crippen MR) is 133 cm³/mol. The molecule has 0 saturated carbocycles. The first-order valence-corrected chi connectivity index (χ1v) is 13.1. The number of ether oxygens (including phenoxy) is 2. The highest BCUT2D eigenvalue weighted by Crippen LogP contribution is 2.38. The standard InChI is InChI=1S/C23H25ClN4O4S2/c1-3-28-18(12-32-16-10-6-5-9-15(16)24)26-27-23(28)33-13-19(29)25-21-20(22(30)31-2)14-8-4-7-11-17(14)34-21/h5-6,9-10H,3-4,7-8,11-13H2,1-2H3,(H,25,29). The van der Waals surface area contributed by atoms with Gasteiger partial charge >= 0.3 is 5.97 Å². The van der Waals surface area contributed by atoms with E-state index in [0.29, 0.717) is 38.9 Å². The quantitative estimate of drug-likeness (QED) is 0.313. The van der Waals surface area contributed by atoms with Crippen molar-refractivity contribution in [1.82, 2.24) is 14.8 Å². The third kappa shape index (κ3) is 5.39. The molecule has 0 atom stereocenters. The first-order chi connectivity index (χ1) is 16.5. The van der Waals surface area contributed by atoms with Gasteiger partial charge in [-0.1, -0.05) is 35.5 Å². The summed E-state index contributed by atoms with van der Waals surface area (Å²) in [5.41, 5.74) is 1.51. The Morgan fingerprint density at radius 3 is 2.79 bits per heavy atom. The molecule has 0 bridgehead atoms. The number of carbonyl (C=O) groups excluding carboxylic acids is 2. The van der Waals surface area contributed by atoms with Crippen LogP contribution in [0.1, 0.15) is 46.4 Å². The third-order valence-electron chi connectivity index (χ3n) is 5.45. The number of nitrogens with zero attached hydrogens (tertiary/aromatic N) is 3. The Balaban J connectivity index is 1.40. The van der Waals surface area contributed by atoms with Crippen LogP contribution in [0.25, 0.3) is 0 Å². The van der Waals surface area contributed by atoms with Crippen LogP contribution < -0.4 is 10.1 Å². The maximum atomic E-state index is 12.7. The molecule has 11 heteroatoms. The Hall–Kier alpha value is -2.56. The van der Waals surface area contributed by atoms with Crippen LogP contribution in [0.4, 0.5) is 5.00 Å². The smallest absolute Gasteiger partial charge is 0.341 e. The molecular formula is C23H25ClN4O4S2. The molecule has 1 amide bonds. The third-order valence-corrected chi connectivity index (χ3v) is 7.94. The number of esters is 1. The fourth-order valence-electron chi connectivity index (χ4n) is 3.82. The molecule has 8 nitrogen and oxygen atoms in total. The number of amides is 1. The van der Waals surface area contributed by atoms with E-state index in [2.05, 4.69) is 15.5 Å². The summed E-state index contributed by atoms with van der Waals surface area (Å²) in [6, 6.07) is 7.24. The van der Waals surface area contributed by atoms with E-state index in [9.17, 15) is 9.59 Å². The van der Waals surface area contributed by atoms with Crippen molar-refractivity contribution in [2.45, 2.75) is 50.9 Å². The van der Waals surface area contributed by atoms with Gasteiger partial charge < -0.3 is 19.4 Å². The summed E-state index contributed by atoms with van der Waals surface area (Å²) in [5.74, 6) is 0.726. The van der Waals surface area contributed by atoms with Crippen LogP contribution in [0.15, 0.2) is 29.4 Å². The normalized spacial score (nSPS) is 12.8. The Bertz CT molecular complexity index is 1190. The molecule has 1 aliphatic rings. The van der Waals surface area contributed by atoms with Crippen molar-refractivity contribution in [1.29, 1.82) is 0 Å². The van der Waals surface area contributed by atoms with Crippen molar-refractivity contribution in [3.05, 3.63) is 51.1 Å². The summed E-state index contributed by atoms with van der Waals surface area (Å²) in [6.45, 7) is 2.81. The highest BCUT2D eigenvalue weighted by molar-refractivity contribution is 7.99. The van der Waals surface area contributed by atoms with Gasteiger partial charge in [-0.15, -0.1) is 21.5 Å². The number of hydrogen-bond acceptors (Lipinski definition) is 8. The predicted octanol–water partition coefficient (Wildman–Crippen LogP) is 4.99. The number of aromatic nitrogens is 3. The summed E-state index contributed by atoms with van der Waals surface area (Å²) in [7, 11) is 1.36. The lowest BCUT2D eigenvalue weighted by Crippen LogP contribution is -2.17. The van der Waals surface area contributed by atoms with Gasteiger partial charge in [0.15, 0.2) is 11.0 Å². The van der Waals surface area contributed by atoms with E-state index in [1.165, 1.54) is 30.2 Å². The van der Waals surface area contributed by atoms with Crippen LogP contribution in [0.2, 0.25) is 5.02 Å².